The highest BCUT2D eigenvalue weighted by atomic mass is 35.5. The zero-order valence-electron chi connectivity index (χ0n) is 15.3. The maximum atomic E-state index is 12.1. The van der Waals surface area contributed by atoms with Gasteiger partial charge in [0.05, 0.1) is 12.1 Å². The van der Waals surface area contributed by atoms with E-state index in [2.05, 4.69) is 15.7 Å². The summed E-state index contributed by atoms with van der Waals surface area (Å²) in [7, 11) is 1.62. The van der Waals surface area contributed by atoms with Gasteiger partial charge in [0.1, 0.15) is 6.61 Å². The van der Waals surface area contributed by atoms with Gasteiger partial charge < -0.3 is 15.0 Å². The first-order chi connectivity index (χ1) is 13.5. The molecule has 0 saturated carbocycles. The van der Waals surface area contributed by atoms with E-state index < -0.39 is 6.09 Å². The van der Waals surface area contributed by atoms with Crippen LogP contribution in [0.4, 0.5) is 15.4 Å². The zero-order valence-corrected chi connectivity index (χ0v) is 16.0. The van der Waals surface area contributed by atoms with Crippen molar-refractivity contribution in [3.05, 3.63) is 65.3 Å². The van der Waals surface area contributed by atoms with Gasteiger partial charge >= 0.3 is 12.1 Å². The Kier molecular flexibility index (Phi) is 6.33. The second-order valence-electron chi connectivity index (χ2n) is 6.03. The number of benzene rings is 1. The molecule has 1 aromatic carbocycles. The van der Waals surface area contributed by atoms with E-state index >= 15 is 0 Å². The van der Waals surface area contributed by atoms with E-state index in [9.17, 15) is 9.59 Å². The molecule has 8 nitrogen and oxygen atoms in total. The number of halogens is 1. The summed E-state index contributed by atoms with van der Waals surface area (Å²) < 4.78 is 6.75. The van der Waals surface area contributed by atoms with Crippen LogP contribution in [0.15, 0.2) is 54.7 Å². The molecule has 0 atom stereocenters. The molecule has 2 aromatic heterocycles. The number of likely N-dealkylation sites (N-methyl/N-ethyl adjacent to an activating group) is 1. The summed E-state index contributed by atoms with van der Waals surface area (Å²) in [5, 5.41) is 10.1. The van der Waals surface area contributed by atoms with Crippen molar-refractivity contribution in [3.8, 4) is 0 Å². The highest BCUT2D eigenvalue weighted by molar-refractivity contribution is 6.31. The first kappa shape index (κ1) is 19.5. The van der Waals surface area contributed by atoms with Crippen molar-refractivity contribution >= 4 is 35.1 Å². The average Bonchev–Trinajstić information content (AvgIpc) is 3.09. The van der Waals surface area contributed by atoms with Crippen LogP contribution in [0.1, 0.15) is 5.56 Å². The van der Waals surface area contributed by atoms with Crippen LogP contribution in [-0.2, 0) is 11.3 Å². The number of ether oxygens (including phenoxy) is 1. The van der Waals surface area contributed by atoms with Crippen LogP contribution in [0, 0.1) is 0 Å². The predicted molar refractivity (Wildman–Crippen MR) is 106 cm³/mol. The van der Waals surface area contributed by atoms with E-state index in [4.69, 9.17) is 16.3 Å². The molecule has 0 bridgehead atoms. The van der Waals surface area contributed by atoms with Gasteiger partial charge in [-0.1, -0.05) is 35.9 Å². The maximum Gasteiger partial charge on any atom is 0.412 e. The molecule has 0 aliphatic carbocycles. The second-order valence-corrected chi connectivity index (χ2v) is 6.44. The van der Waals surface area contributed by atoms with E-state index in [-0.39, 0.29) is 19.2 Å². The lowest BCUT2D eigenvalue weighted by Crippen LogP contribution is -2.39. The third-order valence-corrected chi connectivity index (χ3v) is 4.36. The van der Waals surface area contributed by atoms with Crippen molar-refractivity contribution < 1.29 is 14.3 Å². The van der Waals surface area contributed by atoms with Gasteiger partial charge in [-0.3, -0.25) is 5.32 Å². The number of nitrogens with one attached hydrogen (secondary N) is 2. The maximum absolute atomic E-state index is 12.1. The normalized spacial score (nSPS) is 10.5. The van der Waals surface area contributed by atoms with E-state index in [0.29, 0.717) is 17.4 Å². The fourth-order valence-electron chi connectivity index (χ4n) is 2.46. The number of fused-ring (bicyclic) bond motifs is 1. The van der Waals surface area contributed by atoms with Gasteiger partial charge in [0.25, 0.3) is 0 Å². The van der Waals surface area contributed by atoms with Crippen molar-refractivity contribution in [2.45, 2.75) is 6.54 Å². The van der Waals surface area contributed by atoms with Crippen LogP contribution in [0.25, 0.3) is 5.52 Å². The Labute approximate surface area is 167 Å². The lowest BCUT2D eigenvalue weighted by atomic mass is 10.2. The topological polar surface area (TPSA) is 88.0 Å². The Bertz CT molecular complexity index is 942. The van der Waals surface area contributed by atoms with Gasteiger partial charge in [0.2, 0.25) is 0 Å². The third-order valence-electron chi connectivity index (χ3n) is 3.99. The number of pyridine rings is 1. The molecular weight excluding hydrogens is 382 g/mol. The summed E-state index contributed by atoms with van der Waals surface area (Å²) >= 11 is 6.06. The van der Waals surface area contributed by atoms with Crippen LogP contribution < -0.4 is 10.6 Å². The van der Waals surface area contributed by atoms with Crippen LogP contribution in [0.2, 0.25) is 5.02 Å². The highest BCUT2D eigenvalue weighted by Gasteiger charge is 2.11. The number of urea groups is 1. The van der Waals surface area contributed by atoms with Crippen molar-refractivity contribution in [2.75, 3.05) is 25.5 Å². The lowest BCUT2D eigenvalue weighted by molar-refractivity contribution is 0.146. The molecule has 3 aromatic rings. The summed E-state index contributed by atoms with van der Waals surface area (Å²) in [5.74, 6) is 0.391. The van der Waals surface area contributed by atoms with Crippen LogP contribution in [0.5, 0.6) is 0 Å². The minimum atomic E-state index is -0.631. The van der Waals surface area contributed by atoms with Crippen LogP contribution >= 0.6 is 11.6 Å². The summed E-state index contributed by atoms with van der Waals surface area (Å²) in [4.78, 5) is 25.4. The lowest BCUT2D eigenvalue weighted by Gasteiger charge is -2.18. The molecular formula is C19H20ClN5O3. The summed E-state index contributed by atoms with van der Waals surface area (Å²) in [5.41, 5.74) is 1.68. The van der Waals surface area contributed by atoms with E-state index in [0.717, 1.165) is 11.1 Å². The molecule has 3 amide bonds. The summed E-state index contributed by atoms with van der Waals surface area (Å²) in [6, 6.07) is 14.3. The van der Waals surface area contributed by atoms with Crippen molar-refractivity contribution in [2.24, 2.45) is 0 Å². The first-order valence-corrected chi connectivity index (χ1v) is 9.01. The van der Waals surface area contributed by atoms with Gasteiger partial charge in [-0.15, -0.1) is 5.10 Å². The minimum Gasteiger partial charge on any atom is -0.447 e. The predicted octanol–water partition coefficient (Wildman–Crippen LogP) is 3.38. The molecule has 0 spiro atoms. The monoisotopic (exact) mass is 401 g/mol. The van der Waals surface area contributed by atoms with Gasteiger partial charge in [0.15, 0.2) is 5.82 Å². The molecule has 0 fully saturated rings. The Hall–Kier alpha value is -3.26. The number of carbonyl (C=O) groups excluding carboxylic acids is 2. The highest BCUT2D eigenvalue weighted by Crippen LogP contribution is 2.14. The summed E-state index contributed by atoms with van der Waals surface area (Å²) in [6.07, 6.45) is 1.15. The fourth-order valence-corrected chi connectivity index (χ4v) is 2.67. The van der Waals surface area contributed by atoms with E-state index in [1.165, 1.54) is 4.90 Å². The van der Waals surface area contributed by atoms with E-state index in [1.54, 1.807) is 29.9 Å². The molecule has 0 saturated heterocycles. The van der Waals surface area contributed by atoms with Crippen LogP contribution in [-0.4, -0.2) is 46.8 Å². The second kappa shape index (κ2) is 9.09. The molecule has 0 aliphatic heterocycles. The van der Waals surface area contributed by atoms with Gasteiger partial charge in [-0.05, 0) is 23.8 Å². The number of hydrogen-bond donors (Lipinski definition) is 2. The van der Waals surface area contributed by atoms with Gasteiger partial charge in [-0.2, -0.15) is 0 Å². The Morgan fingerprint density at radius 2 is 2.00 bits per heavy atom. The Morgan fingerprint density at radius 3 is 2.79 bits per heavy atom. The standard InChI is InChI=1S/C19H20ClN5O3/c1-24(18(26)21-13-14-6-2-3-8-16(14)20)10-11-28-19(27)22-17-12-15-7-4-5-9-25(15)23-17/h2-9,12H,10-11,13H2,1H3,(H,21,26)(H,22,23,27). The molecule has 3 rings (SSSR count). The molecule has 146 valence electrons. The number of carbonyl (C=O) groups is 2. The third kappa shape index (κ3) is 5.14. The first-order valence-electron chi connectivity index (χ1n) is 8.63. The van der Waals surface area contributed by atoms with Crippen molar-refractivity contribution in [1.82, 2.24) is 19.8 Å². The summed E-state index contributed by atoms with van der Waals surface area (Å²) in [6.45, 7) is 0.611. The number of aromatic nitrogens is 2. The molecule has 0 aliphatic rings. The number of anilines is 1. The Morgan fingerprint density at radius 1 is 1.21 bits per heavy atom. The quantitative estimate of drug-likeness (QED) is 0.662. The van der Waals surface area contributed by atoms with Gasteiger partial charge in [-0.25, -0.2) is 14.1 Å². The smallest absolute Gasteiger partial charge is 0.412 e. The largest absolute Gasteiger partial charge is 0.447 e. The SMILES string of the molecule is CN(CCOC(=O)Nc1cc2ccccn2n1)C(=O)NCc1ccccc1Cl. The number of rotatable bonds is 6. The molecule has 9 heteroatoms. The molecule has 0 unspecified atom stereocenters. The zero-order chi connectivity index (χ0) is 19.9. The van der Waals surface area contributed by atoms with E-state index in [1.807, 2.05) is 36.4 Å². The Balaban J connectivity index is 1.39. The molecule has 0 radical (unpaired) electrons. The van der Waals surface area contributed by atoms with Crippen LogP contribution in [0.3, 0.4) is 0 Å². The van der Waals surface area contributed by atoms with Crippen molar-refractivity contribution in [3.63, 3.8) is 0 Å². The number of hydrogen-bond acceptors (Lipinski definition) is 4. The number of amides is 3. The van der Waals surface area contributed by atoms with Crippen molar-refractivity contribution in [1.29, 1.82) is 0 Å². The molecule has 2 N–H and O–H groups in total. The molecule has 28 heavy (non-hydrogen) atoms. The number of nitrogens with zero attached hydrogens (tertiary/aromatic N) is 3. The van der Waals surface area contributed by atoms with Gasteiger partial charge in [0, 0.05) is 30.9 Å². The molecule has 2 heterocycles. The average molecular weight is 402 g/mol. The fraction of sp³-hybridized carbons (Fsp3) is 0.211. The minimum absolute atomic E-state index is 0.0508.